The SMILES string of the molecule is Cc1c(C)c2c(c(N(c3ccccc3)c3ccc(-c4ccc(N(c5ccccc5)c5ccc6c(c5)C(C)(C)c5ccccc5-6)cc4)cc3)c1Br)Cc1ccccc1-2. The maximum absolute atomic E-state index is 4.11. The van der Waals surface area contributed by atoms with Gasteiger partial charge in [0.2, 0.25) is 0 Å². The topological polar surface area (TPSA) is 6.48 Å². The molecular formula is C54H43BrN2. The normalized spacial score (nSPS) is 13.1. The third-order valence-corrected chi connectivity index (χ3v) is 13.3. The Labute approximate surface area is 344 Å². The van der Waals surface area contributed by atoms with E-state index in [1.165, 1.54) is 72.4 Å². The van der Waals surface area contributed by atoms with Crippen LogP contribution in [0.15, 0.2) is 180 Å². The predicted octanol–water partition coefficient (Wildman–Crippen LogP) is 15.6. The lowest BCUT2D eigenvalue weighted by molar-refractivity contribution is 0.660. The number of rotatable bonds is 7. The van der Waals surface area contributed by atoms with Crippen molar-refractivity contribution in [2.24, 2.45) is 0 Å². The first-order valence-corrected chi connectivity index (χ1v) is 20.6. The fraction of sp³-hybridized carbons (Fsp3) is 0.111. The van der Waals surface area contributed by atoms with Crippen LogP contribution in [-0.2, 0) is 11.8 Å². The van der Waals surface area contributed by atoms with Crippen molar-refractivity contribution in [3.05, 3.63) is 214 Å². The van der Waals surface area contributed by atoms with Crippen molar-refractivity contribution in [2.75, 3.05) is 9.80 Å². The summed E-state index contributed by atoms with van der Waals surface area (Å²) >= 11 is 4.11. The first kappa shape index (κ1) is 35.3. The summed E-state index contributed by atoms with van der Waals surface area (Å²) in [6.45, 7) is 9.20. The molecule has 0 fully saturated rings. The van der Waals surface area contributed by atoms with E-state index in [0.717, 1.165) is 39.3 Å². The fourth-order valence-corrected chi connectivity index (χ4v) is 10.0. The van der Waals surface area contributed by atoms with E-state index in [1.807, 2.05) is 0 Å². The van der Waals surface area contributed by atoms with Gasteiger partial charge in [-0.2, -0.15) is 0 Å². The number of hydrogen-bond donors (Lipinski definition) is 0. The van der Waals surface area contributed by atoms with E-state index in [9.17, 15) is 0 Å². The van der Waals surface area contributed by atoms with Crippen molar-refractivity contribution >= 4 is 50.1 Å². The predicted molar refractivity (Wildman–Crippen MR) is 244 cm³/mol. The standard InChI is InChI=1S/C54H43BrN2/c1-35-36(2)52(55)53(48-33-39-15-11-12-20-45(39)51(35)48)57(41-18-9-6-10-19-41)43-29-25-38(26-30-43)37-23-27-42(28-24-37)56(40-16-7-5-8-17-40)44-31-32-47-46-21-13-14-22-49(46)54(3,4)50(47)34-44/h5-32,34H,33H2,1-4H3. The number of halogens is 1. The van der Waals surface area contributed by atoms with Gasteiger partial charge in [0, 0.05) is 44.7 Å². The number of benzene rings is 8. The van der Waals surface area contributed by atoms with E-state index in [0.29, 0.717) is 0 Å². The summed E-state index contributed by atoms with van der Waals surface area (Å²) in [6.07, 6.45) is 0.908. The van der Waals surface area contributed by atoms with Crippen LogP contribution in [0.5, 0.6) is 0 Å². The van der Waals surface area contributed by atoms with Gasteiger partial charge in [0.1, 0.15) is 0 Å². The third-order valence-electron chi connectivity index (χ3n) is 12.4. The lowest BCUT2D eigenvalue weighted by atomic mass is 9.82. The second-order valence-corrected chi connectivity index (χ2v) is 16.7. The van der Waals surface area contributed by atoms with Crippen LogP contribution in [0.2, 0.25) is 0 Å². The molecule has 8 aromatic carbocycles. The molecule has 2 aliphatic rings. The van der Waals surface area contributed by atoms with Crippen LogP contribution < -0.4 is 9.80 Å². The molecule has 0 aliphatic heterocycles. The van der Waals surface area contributed by atoms with Gasteiger partial charge in [0.15, 0.2) is 0 Å². The van der Waals surface area contributed by atoms with Crippen LogP contribution in [0.3, 0.4) is 0 Å². The highest BCUT2D eigenvalue weighted by Crippen LogP contribution is 2.53. The summed E-state index contributed by atoms with van der Waals surface area (Å²) in [4.78, 5) is 4.81. The minimum absolute atomic E-state index is 0.0736. The molecule has 0 heterocycles. The molecule has 0 atom stereocenters. The molecule has 0 bridgehead atoms. The highest BCUT2D eigenvalue weighted by atomic mass is 79.9. The molecule has 276 valence electrons. The zero-order valence-corrected chi connectivity index (χ0v) is 34.3. The second-order valence-electron chi connectivity index (χ2n) is 15.9. The first-order chi connectivity index (χ1) is 27.8. The van der Waals surface area contributed by atoms with Gasteiger partial charge < -0.3 is 9.80 Å². The van der Waals surface area contributed by atoms with Crippen LogP contribution in [0.1, 0.15) is 47.2 Å². The zero-order valence-electron chi connectivity index (χ0n) is 32.7. The van der Waals surface area contributed by atoms with E-state index in [2.05, 4.69) is 229 Å². The van der Waals surface area contributed by atoms with Gasteiger partial charge in [0.25, 0.3) is 0 Å². The Morgan fingerprint density at radius 1 is 0.456 bits per heavy atom. The molecule has 0 N–H and O–H groups in total. The van der Waals surface area contributed by atoms with E-state index < -0.39 is 0 Å². The number of para-hydroxylation sites is 2. The minimum Gasteiger partial charge on any atom is -0.310 e. The Balaban J connectivity index is 1.02. The van der Waals surface area contributed by atoms with Crippen LogP contribution in [-0.4, -0.2) is 0 Å². The Bertz CT molecular complexity index is 2800. The molecule has 0 radical (unpaired) electrons. The Morgan fingerprint density at radius 3 is 1.60 bits per heavy atom. The molecule has 0 aromatic heterocycles. The van der Waals surface area contributed by atoms with Crippen LogP contribution in [0, 0.1) is 13.8 Å². The molecule has 0 saturated heterocycles. The maximum Gasteiger partial charge on any atom is 0.0648 e. The lowest BCUT2D eigenvalue weighted by Crippen LogP contribution is -2.16. The molecule has 2 nitrogen and oxygen atoms in total. The van der Waals surface area contributed by atoms with Crippen LogP contribution in [0.25, 0.3) is 33.4 Å². The van der Waals surface area contributed by atoms with Gasteiger partial charge in [0.05, 0.1) is 5.69 Å². The third kappa shape index (κ3) is 5.75. The molecule has 2 aliphatic carbocycles. The summed E-state index contributed by atoms with van der Waals surface area (Å²) in [6, 6.07) is 64.3. The lowest BCUT2D eigenvalue weighted by Gasteiger charge is -2.30. The molecule has 3 heteroatoms. The quantitative estimate of drug-likeness (QED) is 0.158. The highest BCUT2D eigenvalue weighted by molar-refractivity contribution is 9.10. The van der Waals surface area contributed by atoms with Crippen LogP contribution in [0.4, 0.5) is 34.1 Å². The van der Waals surface area contributed by atoms with E-state index in [-0.39, 0.29) is 5.41 Å². The summed E-state index contributed by atoms with van der Waals surface area (Å²) in [5.41, 5.74) is 22.7. The average Bonchev–Trinajstić information content (AvgIpc) is 3.75. The Hall–Kier alpha value is -6.16. The van der Waals surface area contributed by atoms with Crippen molar-refractivity contribution < 1.29 is 0 Å². The molecule has 0 amide bonds. The van der Waals surface area contributed by atoms with E-state index >= 15 is 0 Å². The van der Waals surface area contributed by atoms with Crippen molar-refractivity contribution in [1.29, 1.82) is 0 Å². The van der Waals surface area contributed by atoms with Gasteiger partial charge in [-0.1, -0.05) is 129 Å². The molecule has 57 heavy (non-hydrogen) atoms. The average molecular weight is 800 g/mol. The van der Waals surface area contributed by atoms with Gasteiger partial charge in [-0.3, -0.25) is 0 Å². The summed E-state index contributed by atoms with van der Waals surface area (Å²) in [7, 11) is 0. The summed E-state index contributed by atoms with van der Waals surface area (Å²) in [5.74, 6) is 0. The van der Waals surface area contributed by atoms with Gasteiger partial charge in [-0.25, -0.2) is 0 Å². The van der Waals surface area contributed by atoms with Crippen molar-refractivity contribution in [1.82, 2.24) is 0 Å². The van der Waals surface area contributed by atoms with E-state index in [1.54, 1.807) is 0 Å². The van der Waals surface area contributed by atoms with Gasteiger partial charge in [-0.05, 0) is 157 Å². The number of anilines is 6. The van der Waals surface area contributed by atoms with Gasteiger partial charge >= 0.3 is 0 Å². The second kappa shape index (κ2) is 13.8. The Morgan fingerprint density at radius 2 is 0.947 bits per heavy atom. The van der Waals surface area contributed by atoms with Crippen LogP contribution >= 0.6 is 15.9 Å². The van der Waals surface area contributed by atoms with Crippen molar-refractivity contribution in [2.45, 2.75) is 39.5 Å². The van der Waals surface area contributed by atoms with Crippen molar-refractivity contribution in [3.8, 4) is 33.4 Å². The molecule has 0 spiro atoms. The van der Waals surface area contributed by atoms with Gasteiger partial charge in [-0.15, -0.1) is 0 Å². The highest BCUT2D eigenvalue weighted by Gasteiger charge is 2.36. The number of nitrogens with zero attached hydrogens (tertiary/aromatic N) is 2. The monoisotopic (exact) mass is 798 g/mol. The summed E-state index contributed by atoms with van der Waals surface area (Å²) < 4.78 is 1.15. The number of fused-ring (bicyclic) bond motifs is 6. The zero-order chi connectivity index (χ0) is 38.8. The summed E-state index contributed by atoms with van der Waals surface area (Å²) in [5, 5.41) is 0. The van der Waals surface area contributed by atoms with E-state index in [4.69, 9.17) is 0 Å². The molecule has 10 rings (SSSR count). The van der Waals surface area contributed by atoms with Crippen molar-refractivity contribution in [3.63, 3.8) is 0 Å². The Kier molecular flexibility index (Phi) is 8.53. The fourth-order valence-electron chi connectivity index (χ4n) is 9.33. The smallest absolute Gasteiger partial charge is 0.0648 e. The molecule has 0 unspecified atom stereocenters. The molecule has 8 aromatic rings. The largest absolute Gasteiger partial charge is 0.310 e. The minimum atomic E-state index is -0.0736. The maximum atomic E-state index is 4.11. The molecular weight excluding hydrogens is 757 g/mol. The molecule has 0 saturated carbocycles. The number of hydrogen-bond acceptors (Lipinski definition) is 2. The first-order valence-electron chi connectivity index (χ1n) is 19.8.